The van der Waals surface area contributed by atoms with Crippen LogP contribution in [0.5, 0.6) is 0 Å². The van der Waals surface area contributed by atoms with E-state index in [4.69, 9.17) is 0 Å². The molecule has 0 saturated heterocycles. The van der Waals surface area contributed by atoms with Gasteiger partial charge in [0.1, 0.15) is 5.69 Å². The third kappa shape index (κ3) is 2.85. The zero-order valence-corrected chi connectivity index (χ0v) is 11.3. The minimum absolute atomic E-state index is 0.679. The van der Waals surface area contributed by atoms with Gasteiger partial charge < -0.3 is 5.32 Å². The summed E-state index contributed by atoms with van der Waals surface area (Å²) in [6.07, 6.45) is 1.91. The van der Waals surface area contributed by atoms with Crippen LogP contribution < -0.4 is 5.32 Å². The summed E-state index contributed by atoms with van der Waals surface area (Å²) >= 11 is 0. The molecule has 0 atom stereocenters. The first-order valence-corrected chi connectivity index (χ1v) is 6.56. The molecule has 0 bridgehead atoms. The summed E-state index contributed by atoms with van der Waals surface area (Å²) in [5, 5.41) is 11.3. The van der Waals surface area contributed by atoms with E-state index in [0.29, 0.717) is 6.54 Å². The van der Waals surface area contributed by atoms with Gasteiger partial charge in [0.05, 0.1) is 6.54 Å². The molecule has 0 spiro atoms. The monoisotopic (exact) mass is 264 g/mol. The summed E-state index contributed by atoms with van der Waals surface area (Å²) in [6.45, 7) is 0.679. The van der Waals surface area contributed by atoms with Gasteiger partial charge in [-0.3, -0.25) is 4.68 Å². The van der Waals surface area contributed by atoms with Gasteiger partial charge in [0.25, 0.3) is 0 Å². The highest BCUT2D eigenvalue weighted by molar-refractivity contribution is 5.65. The lowest BCUT2D eigenvalue weighted by molar-refractivity contribution is 0.713. The van der Waals surface area contributed by atoms with E-state index < -0.39 is 0 Å². The van der Waals surface area contributed by atoms with Gasteiger partial charge in [-0.15, -0.1) is 5.10 Å². The van der Waals surface area contributed by atoms with Crippen molar-refractivity contribution in [3.63, 3.8) is 0 Å². The number of hydrogen-bond donors (Lipinski definition) is 1. The van der Waals surface area contributed by atoms with Crippen molar-refractivity contribution in [2.45, 2.75) is 6.54 Å². The molecule has 20 heavy (non-hydrogen) atoms. The Kier molecular flexibility index (Phi) is 3.46. The van der Waals surface area contributed by atoms with Gasteiger partial charge in [-0.1, -0.05) is 47.7 Å². The predicted octanol–water partition coefficient (Wildman–Crippen LogP) is 3.09. The smallest absolute Gasteiger partial charge is 0.102 e. The Morgan fingerprint density at radius 1 is 0.950 bits per heavy atom. The fraction of sp³-hybridized carbons (Fsp3) is 0.125. The van der Waals surface area contributed by atoms with E-state index >= 15 is 0 Å². The van der Waals surface area contributed by atoms with E-state index in [1.54, 1.807) is 4.68 Å². The Labute approximate surface area is 118 Å². The van der Waals surface area contributed by atoms with E-state index in [-0.39, 0.29) is 0 Å². The van der Waals surface area contributed by atoms with Gasteiger partial charge in [0.15, 0.2) is 0 Å². The van der Waals surface area contributed by atoms with Crippen LogP contribution in [0, 0.1) is 0 Å². The lowest BCUT2D eigenvalue weighted by atomic mass is 10.1. The minimum Gasteiger partial charge on any atom is -0.379 e. The molecule has 1 aromatic heterocycles. The Morgan fingerprint density at radius 3 is 2.30 bits per heavy atom. The number of anilines is 1. The van der Waals surface area contributed by atoms with Crippen LogP contribution in [0.2, 0.25) is 0 Å². The second-order valence-corrected chi connectivity index (χ2v) is 4.68. The van der Waals surface area contributed by atoms with Crippen molar-refractivity contribution < 1.29 is 0 Å². The van der Waals surface area contributed by atoms with Gasteiger partial charge >= 0.3 is 0 Å². The average molecular weight is 264 g/mol. The van der Waals surface area contributed by atoms with Gasteiger partial charge in [0, 0.05) is 18.9 Å². The second kappa shape index (κ2) is 5.57. The lowest BCUT2D eigenvalue weighted by Gasteiger charge is -2.06. The Morgan fingerprint density at radius 2 is 1.65 bits per heavy atom. The van der Waals surface area contributed by atoms with E-state index in [1.165, 1.54) is 11.1 Å². The van der Waals surface area contributed by atoms with Crippen LogP contribution in [-0.4, -0.2) is 15.0 Å². The first kappa shape index (κ1) is 12.4. The summed E-state index contributed by atoms with van der Waals surface area (Å²) in [6, 6.07) is 18.8. The summed E-state index contributed by atoms with van der Waals surface area (Å²) in [4.78, 5) is 0. The van der Waals surface area contributed by atoms with Crippen molar-refractivity contribution >= 4 is 5.69 Å². The van der Waals surface area contributed by atoms with Crippen LogP contribution in [-0.2, 0) is 13.6 Å². The molecule has 1 N–H and O–H groups in total. The third-order valence-electron chi connectivity index (χ3n) is 3.12. The molecule has 0 saturated carbocycles. The molecule has 0 aliphatic heterocycles. The van der Waals surface area contributed by atoms with Crippen LogP contribution in [0.1, 0.15) is 5.69 Å². The third-order valence-corrected chi connectivity index (χ3v) is 3.12. The van der Waals surface area contributed by atoms with Crippen LogP contribution >= 0.6 is 0 Å². The molecule has 4 heteroatoms. The molecule has 3 rings (SSSR count). The highest BCUT2D eigenvalue weighted by Crippen LogP contribution is 2.21. The molecule has 4 nitrogen and oxygen atoms in total. The lowest BCUT2D eigenvalue weighted by Crippen LogP contribution is -1.99. The van der Waals surface area contributed by atoms with Crippen molar-refractivity contribution in [2.75, 3.05) is 5.32 Å². The van der Waals surface area contributed by atoms with Crippen molar-refractivity contribution in [1.29, 1.82) is 0 Å². The van der Waals surface area contributed by atoms with E-state index in [1.807, 2.05) is 19.3 Å². The molecule has 1 heterocycles. The number of nitrogens with one attached hydrogen (secondary N) is 1. The SMILES string of the molecule is Cn1cc(CNc2ccc(-c3ccccc3)cc2)nn1. The summed E-state index contributed by atoms with van der Waals surface area (Å²) in [5.41, 5.74) is 4.46. The highest BCUT2D eigenvalue weighted by Gasteiger charge is 1.99. The van der Waals surface area contributed by atoms with Crippen LogP contribution in [0.25, 0.3) is 11.1 Å². The maximum Gasteiger partial charge on any atom is 0.102 e. The number of nitrogens with zero attached hydrogens (tertiary/aromatic N) is 3. The minimum atomic E-state index is 0.679. The summed E-state index contributed by atoms with van der Waals surface area (Å²) in [7, 11) is 1.87. The normalized spacial score (nSPS) is 10.4. The fourth-order valence-corrected chi connectivity index (χ4v) is 2.08. The summed E-state index contributed by atoms with van der Waals surface area (Å²) in [5.74, 6) is 0. The quantitative estimate of drug-likeness (QED) is 0.787. The topological polar surface area (TPSA) is 42.7 Å². The highest BCUT2D eigenvalue weighted by atomic mass is 15.4. The van der Waals surface area contributed by atoms with Crippen molar-refractivity contribution in [3.8, 4) is 11.1 Å². The Bertz CT molecular complexity index is 671. The van der Waals surface area contributed by atoms with Crippen molar-refractivity contribution in [2.24, 2.45) is 7.05 Å². The van der Waals surface area contributed by atoms with Crippen LogP contribution in [0.3, 0.4) is 0 Å². The molecule has 0 radical (unpaired) electrons. The molecule has 100 valence electrons. The molecule has 0 aliphatic carbocycles. The van der Waals surface area contributed by atoms with Crippen LogP contribution in [0.15, 0.2) is 60.8 Å². The first-order chi connectivity index (χ1) is 9.81. The second-order valence-electron chi connectivity index (χ2n) is 4.68. The van der Waals surface area contributed by atoms with Gasteiger partial charge in [-0.05, 0) is 23.3 Å². The van der Waals surface area contributed by atoms with Crippen LogP contribution in [0.4, 0.5) is 5.69 Å². The van der Waals surface area contributed by atoms with Crippen molar-refractivity contribution in [1.82, 2.24) is 15.0 Å². The van der Waals surface area contributed by atoms with Crippen molar-refractivity contribution in [3.05, 3.63) is 66.5 Å². The molecule has 0 unspecified atom stereocenters. The largest absolute Gasteiger partial charge is 0.379 e. The standard InChI is InChI=1S/C16H16N4/c1-20-12-16(18-19-20)11-17-15-9-7-14(8-10-15)13-5-3-2-4-6-13/h2-10,12,17H,11H2,1H3. The number of hydrogen-bond acceptors (Lipinski definition) is 3. The van der Waals surface area contributed by atoms with E-state index in [2.05, 4.69) is 64.2 Å². The first-order valence-electron chi connectivity index (χ1n) is 6.56. The molecule has 3 aromatic rings. The molecular formula is C16H16N4. The molecule has 0 fully saturated rings. The average Bonchev–Trinajstić information content (AvgIpc) is 2.92. The number of rotatable bonds is 4. The molecule has 0 aliphatic rings. The number of aryl methyl sites for hydroxylation is 1. The maximum atomic E-state index is 4.05. The number of aromatic nitrogens is 3. The fourth-order valence-electron chi connectivity index (χ4n) is 2.08. The zero-order chi connectivity index (χ0) is 13.8. The molecule has 0 amide bonds. The number of benzene rings is 2. The Hall–Kier alpha value is -2.62. The van der Waals surface area contributed by atoms with E-state index in [0.717, 1.165) is 11.4 Å². The van der Waals surface area contributed by atoms with Gasteiger partial charge in [-0.25, -0.2) is 0 Å². The maximum absolute atomic E-state index is 4.05. The van der Waals surface area contributed by atoms with E-state index in [9.17, 15) is 0 Å². The summed E-state index contributed by atoms with van der Waals surface area (Å²) < 4.78 is 1.70. The van der Waals surface area contributed by atoms with Gasteiger partial charge in [-0.2, -0.15) is 0 Å². The molecule has 2 aromatic carbocycles. The molecular weight excluding hydrogens is 248 g/mol. The Balaban J connectivity index is 1.67. The zero-order valence-electron chi connectivity index (χ0n) is 11.3. The van der Waals surface area contributed by atoms with Gasteiger partial charge in [0.2, 0.25) is 0 Å². The predicted molar refractivity (Wildman–Crippen MR) is 80.2 cm³/mol.